The molecule has 1 heterocycles. The van der Waals surface area contributed by atoms with Gasteiger partial charge in [0.1, 0.15) is 6.07 Å². The molecule has 1 aliphatic rings. The highest BCUT2D eigenvalue weighted by molar-refractivity contribution is 7.99. The van der Waals surface area contributed by atoms with Gasteiger partial charge in [0, 0.05) is 31.1 Å². The number of rotatable bonds is 3. The van der Waals surface area contributed by atoms with Gasteiger partial charge >= 0.3 is 0 Å². The second-order valence-corrected chi connectivity index (χ2v) is 5.79. The van der Waals surface area contributed by atoms with Gasteiger partial charge in [-0.2, -0.15) is 5.26 Å². The van der Waals surface area contributed by atoms with E-state index in [2.05, 4.69) is 42.0 Å². The molecule has 0 atom stereocenters. The molecule has 0 aromatic heterocycles. The summed E-state index contributed by atoms with van der Waals surface area (Å²) in [5.74, 6) is 1.00. The summed E-state index contributed by atoms with van der Waals surface area (Å²) in [5.41, 5.74) is 1.94. The lowest BCUT2D eigenvalue weighted by Crippen LogP contribution is -2.44. The average molecular weight is 261 g/mol. The van der Waals surface area contributed by atoms with E-state index in [0.717, 1.165) is 48.1 Å². The van der Waals surface area contributed by atoms with E-state index in [-0.39, 0.29) is 0 Å². The number of benzene rings is 1. The highest BCUT2D eigenvalue weighted by Gasteiger charge is 2.18. The van der Waals surface area contributed by atoms with E-state index in [4.69, 9.17) is 0 Å². The second kappa shape index (κ2) is 6.12. The molecule has 0 unspecified atom stereocenters. The maximum atomic E-state index is 9.41. The maximum absolute atomic E-state index is 9.41. The van der Waals surface area contributed by atoms with Crippen LogP contribution in [-0.2, 0) is 0 Å². The van der Waals surface area contributed by atoms with Crippen LogP contribution in [0.25, 0.3) is 0 Å². The zero-order valence-corrected chi connectivity index (χ0v) is 11.8. The fourth-order valence-corrected chi connectivity index (χ4v) is 3.00. The van der Waals surface area contributed by atoms with Crippen LogP contribution in [0.4, 0.5) is 5.69 Å². The monoisotopic (exact) mass is 261 g/mol. The van der Waals surface area contributed by atoms with Gasteiger partial charge < -0.3 is 9.80 Å². The molecule has 1 aromatic carbocycles. The van der Waals surface area contributed by atoms with Crippen LogP contribution >= 0.6 is 11.8 Å². The smallest absolute Gasteiger partial charge is 0.103 e. The number of anilines is 1. The van der Waals surface area contributed by atoms with Crippen molar-refractivity contribution in [3.63, 3.8) is 0 Å². The van der Waals surface area contributed by atoms with Gasteiger partial charge in [-0.3, -0.25) is 0 Å². The first-order valence-corrected chi connectivity index (χ1v) is 7.34. The summed E-state index contributed by atoms with van der Waals surface area (Å²) < 4.78 is 0. The number of likely N-dealkylation sites (N-methyl/N-ethyl adjacent to an activating group) is 1. The molecule has 96 valence electrons. The molecule has 0 bridgehead atoms. The summed E-state index contributed by atoms with van der Waals surface area (Å²) >= 11 is 1.75. The molecular weight excluding hydrogens is 242 g/mol. The highest BCUT2D eigenvalue weighted by atomic mass is 32.2. The Hall–Kier alpha value is -1.18. The van der Waals surface area contributed by atoms with Gasteiger partial charge in [-0.1, -0.05) is 13.0 Å². The Morgan fingerprint density at radius 3 is 2.61 bits per heavy atom. The molecule has 1 aliphatic heterocycles. The highest BCUT2D eigenvalue weighted by Crippen LogP contribution is 2.30. The number of thioether (sulfide) groups is 1. The van der Waals surface area contributed by atoms with Gasteiger partial charge in [-0.05, 0) is 24.9 Å². The van der Waals surface area contributed by atoms with Gasteiger partial charge in [0.25, 0.3) is 0 Å². The van der Waals surface area contributed by atoms with Crippen molar-refractivity contribution in [2.45, 2.75) is 11.8 Å². The van der Waals surface area contributed by atoms with Crippen molar-refractivity contribution >= 4 is 17.4 Å². The molecule has 0 aliphatic carbocycles. The fourth-order valence-electron chi connectivity index (χ4n) is 2.22. The molecular formula is C14H19N3S. The van der Waals surface area contributed by atoms with Crippen LogP contribution in [0, 0.1) is 11.3 Å². The molecule has 3 nitrogen and oxygen atoms in total. The first-order valence-electron chi connectivity index (χ1n) is 6.35. The largest absolute Gasteiger partial charge is 0.368 e. The minimum atomic E-state index is 0.842. The van der Waals surface area contributed by atoms with Crippen LogP contribution in [0.5, 0.6) is 0 Å². The summed E-state index contributed by atoms with van der Waals surface area (Å²) in [7, 11) is 2.14. The predicted octanol–water partition coefficient (Wildman–Crippen LogP) is 2.42. The van der Waals surface area contributed by atoms with Crippen molar-refractivity contribution in [2.75, 3.05) is 43.9 Å². The summed E-state index contributed by atoms with van der Waals surface area (Å²) in [6, 6.07) is 8.56. The molecule has 1 fully saturated rings. The predicted molar refractivity (Wildman–Crippen MR) is 77.3 cm³/mol. The molecule has 1 saturated heterocycles. The maximum Gasteiger partial charge on any atom is 0.103 e. The van der Waals surface area contributed by atoms with E-state index < -0.39 is 0 Å². The second-order valence-electron chi connectivity index (χ2n) is 4.49. The van der Waals surface area contributed by atoms with Gasteiger partial charge in [0.2, 0.25) is 0 Å². The third-order valence-electron chi connectivity index (χ3n) is 3.26. The van der Waals surface area contributed by atoms with E-state index in [1.807, 2.05) is 6.07 Å². The van der Waals surface area contributed by atoms with Crippen LogP contribution in [0.1, 0.15) is 12.5 Å². The molecule has 0 radical (unpaired) electrons. The average Bonchev–Trinajstić information content (AvgIpc) is 2.40. The zero-order valence-electron chi connectivity index (χ0n) is 11.0. The first-order chi connectivity index (χ1) is 8.76. The Labute approximate surface area is 113 Å². The molecule has 0 saturated carbocycles. The number of piperazine rings is 1. The fraction of sp³-hybridized carbons (Fsp3) is 0.500. The lowest BCUT2D eigenvalue weighted by molar-refractivity contribution is 0.313. The van der Waals surface area contributed by atoms with E-state index >= 15 is 0 Å². The Kier molecular flexibility index (Phi) is 4.51. The van der Waals surface area contributed by atoms with Crippen LogP contribution in [0.15, 0.2) is 23.1 Å². The number of nitrogens with zero attached hydrogens (tertiary/aromatic N) is 3. The van der Waals surface area contributed by atoms with Gasteiger partial charge in [0.15, 0.2) is 0 Å². The summed E-state index contributed by atoms with van der Waals surface area (Å²) in [4.78, 5) is 5.77. The third-order valence-corrected chi connectivity index (χ3v) is 4.20. The minimum Gasteiger partial charge on any atom is -0.368 e. The van der Waals surface area contributed by atoms with Crippen molar-refractivity contribution in [3.05, 3.63) is 23.8 Å². The molecule has 0 spiro atoms. The third kappa shape index (κ3) is 2.80. The zero-order chi connectivity index (χ0) is 13.0. The van der Waals surface area contributed by atoms with Gasteiger partial charge in [-0.15, -0.1) is 11.8 Å². The summed E-state index contributed by atoms with van der Waals surface area (Å²) in [6.07, 6.45) is 0. The van der Waals surface area contributed by atoms with Crippen molar-refractivity contribution in [1.29, 1.82) is 5.26 Å². The van der Waals surface area contributed by atoms with Crippen molar-refractivity contribution in [2.24, 2.45) is 0 Å². The Morgan fingerprint density at radius 2 is 2.00 bits per heavy atom. The van der Waals surface area contributed by atoms with Crippen molar-refractivity contribution in [1.82, 2.24) is 4.90 Å². The van der Waals surface area contributed by atoms with Crippen LogP contribution < -0.4 is 4.90 Å². The molecule has 18 heavy (non-hydrogen) atoms. The van der Waals surface area contributed by atoms with Crippen molar-refractivity contribution < 1.29 is 0 Å². The van der Waals surface area contributed by atoms with E-state index in [9.17, 15) is 5.26 Å². The van der Waals surface area contributed by atoms with Crippen LogP contribution in [-0.4, -0.2) is 43.9 Å². The molecule has 0 N–H and O–H groups in total. The topological polar surface area (TPSA) is 30.3 Å². The molecule has 0 amide bonds. The Bertz CT molecular complexity index is 445. The first kappa shape index (κ1) is 13.3. The minimum absolute atomic E-state index is 0.842. The number of hydrogen-bond donors (Lipinski definition) is 0. The van der Waals surface area contributed by atoms with Gasteiger partial charge in [-0.25, -0.2) is 0 Å². The normalized spacial score (nSPS) is 16.6. The Morgan fingerprint density at radius 1 is 1.28 bits per heavy atom. The Balaban J connectivity index is 2.27. The summed E-state index contributed by atoms with van der Waals surface area (Å²) in [6.45, 7) is 6.26. The lowest BCUT2D eigenvalue weighted by atomic mass is 10.1. The SMILES string of the molecule is CCSc1cccc(N2CCN(C)CC2)c1C#N. The van der Waals surface area contributed by atoms with E-state index in [0.29, 0.717) is 0 Å². The molecule has 4 heteroatoms. The standard InChI is InChI=1S/C14H19N3S/c1-3-18-14-6-4-5-13(12(14)11-15)17-9-7-16(2)8-10-17/h4-6H,3,7-10H2,1-2H3. The number of nitriles is 1. The van der Waals surface area contributed by atoms with Crippen LogP contribution in [0.2, 0.25) is 0 Å². The number of hydrogen-bond acceptors (Lipinski definition) is 4. The van der Waals surface area contributed by atoms with Crippen molar-refractivity contribution in [3.8, 4) is 6.07 Å². The molecule has 1 aromatic rings. The summed E-state index contributed by atoms with van der Waals surface area (Å²) in [5, 5.41) is 9.41. The van der Waals surface area contributed by atoms with Gasteiger partial charge in [0.05, 0.1) is 11.3 Å². The van der Waals surface area contributed by atoms with E-state index in [1.165, 1.54) is 0 Å². The van der Waals surface area contributed by atoms with Crippen LogP contribution in [0.3, 0.4) is 0 Å². The quantitative estimate of drug-likeness (QED) is 0.782. The van der Waals surface area contributed by atoms with E-state index in [1.54, 1.807) is 11.8 Å². The lowest BCUT2D eigenvalue weighted by Gasteiger charge is -2.34. The molecule has 2 rings (SSSR count).